The maximum atomic E-state index is 5.42. The van der Waals surface area contributed by atoms with E-state index in [1.54, 1.807) is 7.11 Å². The molecule has 3 aromatic rings. The second-order valence-electron chi connectivity index (χ2n) is 4.87. The average molecular weight is 263 g/mol. The summed E-state index contributed by atoms with van der Waals surface area (Å²) in [5, 5.41) is 0. The fraction of sp³-hybridized carbons (Fsp3) is 0.111. The lowest BCUT2D eigenvalue weighted by Gasteiger charge is -2.05. The molecule has 2 nitrogen and oxygen atoms in total. The van der Waals surface area contributed by atoms with E-state index in [4.69, 9.17) is 4.74 Å². The Morgan fingerprint density at radius 2 is 1.65 bits per heavy atom. The lowest BCUT2D eigenvalue weighted by atomic mass is 10.1. The molecule has 0 aliphatic heterocycles. The maximum Gasteiger partial charge on any atom is 0.126 e. The normalized spacial score (nSPS) is 10.5. The summed E-state index contributed by atoms with van der Waals surface area (Å²) in [7, 11) is 1.70. The van der Waals surface area contributed by atoms with Gasteiger partial charge in [-0.1, -0.05) is 48.0 Å². The summed E-state index contributed by atoms with van der Waals surface area (Å²) in [5.41, 5.74) is 5.82. The van der Waals surface area contributed by atoms with Crippen molar-refractivity contribution in [2.24, 2.45) is 0 Å². The first-order valence-electron chi connectivity index (χ1n) is 6.67. The third-order valence-electron chi connectivity index (χ3n) is 3.46. The van der Waals surface area contributed by atoms with Crippen molar-refractivity contribution < 1.29 is 4.74 Å². The van der Waals surface area contributed by atoms with Crippen molar-refractivity contribution in [3.05, 3.63) is 66.4 Å². The Morgan fingerprint density at radius 3 is 2.40 bits per heavy atom. The molecule has 0 spiro atoms. The number of aromatic nitrogens is 1. The zero-order valence-corrected chi connectivity index (χ0v) is 11.7. The van der Waals surface area contributed by atoms with Gasteiger partial charge in [0.25, 0.3) is 0 Å². The highest BCUT2D eigenvalue weighted by Gasteiger charge is 2.08. The van der Waals surface area contributed by atoms with E-state index in [9.17, 15) is 0 Å². The number of aryl methyl sites for hydroxylation is 1. The predicted octanol–water partition coefficient (Wildman–Crippen LogP) is 4.67. The number of benzene rings is 2. The Bertz CT molecular complexity index is 710. The van der Waals surface area contributed by atoms with Crippen LogP contribution in [0.4, 0.5) is 0 Å². The summed E-state index contributed by atoms with van der Waals surface area (Å²) in [5.74, 6) is 0.891. The van der Waals surface area contributed by atoms with Crippen LogP contribution >= 0.6 is 0 Å². The zero-order valence-electron chi connectivity index (χ0n) is 11.7. The van der Waals surface area contributed by atoms with Gasteiger partial charge in [0, 0.05) is 23.0 Å². The summed E-state index contributed by atoms with van der Waals surface area (Å²) in [6.07, 6.45) is 2.02. The smallest absolute Gasteiger partial charge is 0.126 e. The first kappa shape index (κ1) is 12.5. The monoisotopic (exact) mass is 263 g/mol. The summed E-state index contributed by atoms with van der Waals surface area (Å²) in [4.78, 5) is 3.34. The summed E-state index contributed by atoms with van der Waals surface area (Å²) < 4.78 is 5.42. The van der Waals surface area contributed by atoms with Gasteiger partial charge in [0.2, 0.25) is 0 Å². The molecule has 2 heteroatoms. The summed E-state index contributed by atoms with van der Waals surface area (Å²) in [6, 6.07) is 18.7. The summed E-state index contributed by atoms with van der Waals surface area (Å²) >= 11 is 0. The van der Waals surface area contributed by atoms with Crippen LogP contribution in [0.25, 0.3) is 22.4 Å². The van der Waals surface area contributed by atoms with Crippen molar-refractivity contribution in [2.45, 2.75) is 6.92 Å². The second kappa shape index (κ2) is 5.25. The van der Waals surface area contributed by atoms with Crippen molar-refractivity contribution in [3.63, 3.8) is 0 Å². The number of hydrogen-bond donors (Lipinski definition) is 1. The number of para-hydroxylation sites is 1. The van der Waals surface area contributed by atoms with Crippen LogP contribution in [0, 0.1) is 6.92 Å². The Morgan fingerprint density at radius 1 is 0.900 bits per heavy atom. The van der Waals surface area contributed by atoms with Gasteiger partial charge in [-0.25, -0.2) is 0 Å². The van der Waals surface area contributed by atoms with Crippen LogP contribution in [0.2, 0.25) is 0 Å². The highest BCUT2D eigenvalue weighted by molar-refractivity contribution is 5.75. The van der Waals surface area contributed by atoms with Crippen LogP contribution in [-0.4, -0.2) is 12.1 Å². The van der Waals surface area contributed by atoms with Crippen LogP contribution in [0.3, 0.4) is 0 Å². The van der Waals surface area contributed by atoms with E-state index in [1.807, 2.05) is 24.4 Å². The van der Waals surface area contributed by atoms with Gasteiger partial charge in [-0.05, 0) is 24.6 Å². The fourth-order valence-electron chi connectivity index (χ4n) is 2.33. The molecule has 0 saturated carbocycles. The van der Waals surface area contributed by atoms with Crippen LogP contribution in [0.15, 0.2) is 60.8 Å². The van der Waals surface area contributed by atoms with E-state index < -0.39 is 0 Å². The van der Waals surface area contributed by atoms with Crippen molar-refractivity contribution in [1.82, 2.24) is 4.98 Å². The molecular formula is C18H17NO. The van der Waals surface area contributed by atoms with Gasteiger partial charge in [-0.3, -0.25) is 0 Å². The van der Waals surface area contributed by atoms with Crippen LogP contribution in [0.5, 0.6) is 5.75 Å². The largest absolute Gasteiger partial charge is 0.496 e. The lowest BCUT2D eigenvalue weighted by molar-refractivity contribution is 0.416. The number of aromatic amines is 1. The summed E-state index contributed by atoms with van der Waals surface area (Å²) in [6.45, 7) is 2.10. The quantitative estimate of drug-likeness (QED) is 0.730. The average Bonchev–Trinajstić information content (AvgIpc) is 2.97. The van der Waals surface area contributed by atoms with Gasteiger partial charge in [-0.2, -0.15) is 0 Å². The SMILES string of the molecule is COc1ccccc1-c1c[nH]c(-c2ccc(C)cc2)c1. The van der Waals surface area contributed by atoms with Gasteiger partial charge in [-0.15, -0.1) is 0 Å². The molecule has 2 aromatic carbocycles. The molecule has 0 aliphatic carbocycles. The molecule has 0 radical (unpaired) electrons. The Hall–Kier alpha value is -2.48. The lowest BCUT2D eigenvalue weighted by Crippen LogP contribution is -1.85. The van der Waals surface area contributed by atoms with Crippen molar-refractivity contribution in [2.75, 3.05) is 7.11 Å². The molecule has 0 unspecified atom stereocenters. The Labute approximate surface area is 119 Å². The fourth-order valence-corrected chi connectivity index (χ4v) is 2.33. The highest BCUT2D eigenvalue weighted by Crippen LogP contribution is 2.32. The molecule has 20 heavy (non-hydrogen) atoms. The number of nitrogens with one attached hydrogen (secondary N) is 1. The molecule has 100 valence electrons. The third kappa shape index (κ3) is 2.32. The minimum Gasteiger partial charge on any atom is -0.496 e. The predicted molar refractivity (Wildman–Crippen MR) is 83.0 cm³/mol. The van der Waals surface area contributed by atoms with Gasteiger partial charge in [0.15, 0.2) is 0 Å². The molecular weight excluding hydrogens is 246 g/mol. The number of rotatable bonds is 3. The first-order chi connectivity index (χ1) is 9.78. The number of ether oxygens (including phenoxy) is 1. The molecule has 0 saturated heterocycles. The van der Waals surface area contributed by atoms with Crippen molar-refractivity contribution in [1.29, 1.82) is 0 Å². The highest BCUT2D eigenvalue weighted by atomic mass is 16.5. The molecule has 0 atom stereocenters. The van der Waals surface area contributed by atoms with E-state index in [0.717, 1.165) is 22.6 Å². The van der Waals surface area contributed by atoms with Gasteiger partial charge in [0.1, 0.15) is 5.75 Å². The third-order valence-corrected chi connectivity index (χ3v) is 3.46. The van der Waals surface area contributed by atoms with E-state index in [2.05, 4.69) is 48.3 Å². The maximum absolute atomic E-state index is 5.42. The molecule has 1 N–H and O–H groups in total. The zero-order chi connectivity index (χ0) is 13.9. The van der Waals surface area contributed by atoms with E-state index in [0.29, 0.717) is 0 Å². The standard InChI is InChI=1S/C18H17NO/c1-13-7-9-14(10-8-13)17-11-15(12-19-17)16-5-3-4-6-18(16)20-2/h3-12,19H,1-2H3. The van der Waals surface area contributed by atoms with Gasteiger partial charge >= 0.3 is 0 Å². The van der Waals surface area contributed by atoms with Crippen LogP contribution in [-0.2, 0) is 0 Å². The molecule has 0 aliphatic rings. The van der Waals surface area contributed by atoms with E-state index in [-0.39, 0.29) is 0 Å². The minimum absolute atomic E-state index is 0.891. The molecule has 1 aromatic heterocycles. The number of hydrogen-bond acceptors (Lipinski definition) is 1. The molecule has 0 fully saturated rings. The molecule has 0 amide bonds. The second-order valence-corrected chi connectivity index (χ2v) is 4.87. The Kier molecular flexibility index (Phi) is 3.30. The van der Waals surface area contributed by atoms with Crippen molar-refractivity contribution >= 4 is 0 Å². The Balaban J connectivity index is 2.00. The van der Waals surface area contributed by atoms with Gasteiger partial charge < -0.3 is 9.72 Å². The topological polar surface area (TPSA) is 25.0 Å². The number of H-pyrrole nitrogens is 1. The van der Waals surface area contributed by atoms with Crippen molar-refractivity contribution in [3.8, 4) is 28.1 Å². The van der Waals surface area contributed by atoms with Crippen LogP contribution < -0.4 is 4.74 Å². The first-order valence-corrected chi connectivity index (χ1v) is 6.67. The molecule has 1 heterocycles. The minimum atomic E-state index is 0.891. The number of methoxy groups -OCH3 is 1. The van der Waals surface area contributed by atoms with E-state index in [1.165, 1.54) is 11.1 Å². The molecule has 0 bridgehead atoms. The van der Waals surface area contributed by atoms with E-state index >= 15 is 0 Å². The van der Waals surface area contributed by atoms with Crippen LogP contribution in [0.1, 0.15) is 5.56 Å². The molecule has 3 rings (SSSR count). The van der Waals surface area contributed by atoms with Gasteiger partial charge in [0.05, 0.1) is 7.11 Å².